The second kappa shape index (κ2) is 6.63. The van der Waals surface area contributed by atoms with E-state index in [0.29, 0.717) is 22.7 Å². The first-order valence-electron chi connectivity index (χ1n) is 6.35. The number of benzene rings is 2. The van der Waals surface area contributed by atoms with Gasteiger partial charge in [0.25, 0.3) is 0 Å². The molecule has 2 N–H and O–H groups in total. The Morgan fingerprint density at radius 1 is 1.14 bits per heavy atom. The SMILES string of the molecule is COc1cc(Br)c(CC(=O)c2ccccc2N)cc1OC. The maximum absolute atomic E-state index is 12.4. The summed E-state index contributed by atoms with van der Waals surface area (Å²) in [4.78, 5) is 12.4. The van der Waals surface area contributed by atoms with Gasteiger partial charge in [0.2, 0.25) is 0 Å². The zero-order chi connectivity index (χ0) is 15.4. The number of nitrogens with two attached hydrogens (primary N) is 1. The van der Waals surface area contributed by atoms with E-state index in [1.54, 1.807) is 50.6 Å². The number of rotatable bonds is 5. The molecular formula is C16H16BrNO3. The molecule has 2 aromatic carbocycles. The van der Waals surface area contributed by atoms with Crippen LogP contribution in [-0.2, 0) is 6.42 Å². The Morgan fingerprint density at radius 3 is 2.38 bits per heavy atom. The highest BCUT2D eigenvalue weighted by Crippen LogP contribution is 2.34. The van der Waals surface area contributed by atoms with Gasteiger partial charge in [0, 0.05) is 22.1 Å². The Bertz CT molecular complexity index is 671. The molecule has 0 aliphatic carbocycles. The van der Waals surface area contributed by atoms with Crippen LogP contribution in [0.5, 0.6) is 11.5 Å². The molecule has 0 bridgehead atoms. The topological polar surface area (TPSA) is 61.5 Å². The first kappa shape index (κ1) is 15.4. The molecule has 2 aromatic rings. The van der Waals surface area contributed by atoms with Crippen LogP contribution in [0.4, 0.5) is 5.69 Å². The molecule has 110 valence electrons. The van der Waals surface area contributed by atoms with E-state index >= 15 is 0 Å². The van der Waals surface area contributed by atoms with Gasteiger partial charge in [-0.3, -0.25) is 4.79 Å². The van der Waals surface area contributed by atoms with E-state index in [1.807, 2.05) is 0 Å². The van der Waals surface area contributed by atoms with Gasteiger partial charge in [-0.2, -0.15) is 0 Å². The summed E-state index contributed by atoms with van der Waals surface area (Å²) in [6, 6.07) is 10.6. The zero-order valence-electron chi connectivity index (χ0n) is 11.9. The van der Waals surface area contributed by atoms with Crippen molar-refractivity contribution in [1.29, 1.82) is 0 Å². The minimum Gasteiger partial charge on any atom is -0.493 e. The van der Waals surface area contributed by atoms with Crippen LogP contribution in [0.15, 0.2) is 40.9 Å². The van der Waals surface area contributed by atoms with E-state index in [9.17, 15) is 4.79 Å². The monoisotopic (exact) mass is 349 g/mol. The van der Waals surface area contributed by atoms with E-state index in [2.05, 4.69) is 15.9 Å². The Morgan fingerprint density at radius 2 is 1.76 bits per heavy atom. The first-order chi connectivity index (χ1) is 10.1. The van der Waals surface area contributed by atoms with Crippen molar-refractivity contribution in [2.24, 2.45) is 0 Å². The van der Waals surface area contributed by atoms with Crippen molar-refractivity contribution in [3.63, 3.8) is 0 Å². The number of para-hydroxylation sites is 1. The predicted octanol–water partition coefficient (Wildman–Crippen LogP) is 3.47. The highest BCUT2D eigenvalue weighted by Gasteiger charge is 2.15. The van der Waals surface area contributed by atoms with Gasteiger partial charge in [0.15, 0.2) is 17.3 Å². The number of hydrogen-bond donors (Lipinski definition) is 1. The number of hydrogen-bond acceptors (Lipinski definition) is 4. The summed E-state index contributed by atoms with van der Waals surface area (Å²) in [6.45, 7) is 0. The molecule has 0 unspecified atom stereocenters. The lowest BCUT2D eigenvalue weighted by atomic mass is 10.0. The first-order valence-corrected chi connectivity index (χ1v) is 7.14. The lowest BCUT2D eigenvalue weighted by Gasteiger charge is -2.12. The van der Waals surface area contributed by atoms with Crippen LogP contribution >= 0.6 is 15.9 Å². The minimum atomic E-state index is -0.0407. The van der Waals surface area contributed by atoms with Crippen molar-refractivity contribution < 1.29 is 14.3 Å². The van der Waals surface area contributed by atoms with Crippen LogP contribution in [0.3, 0.4) is 0 Å². The molecule has 4 nitrogen and oxygen atoms in total. The lowest BCUT2D eigenvalue weighted by Crippen LogP contribution is -2.07. The summed E-state index contributed by atoms with van der Waals surface area (Å²) in [5.41, 5.74) is 7.67. The van der Waals surface area contributed by atoms with Crippen LogP contribution in [-0.4, -0.2) is 20.0 Å². The fourth-order valence-corrected chi connectivity index (χ4v) is 2.51. The van der Waals surface area contributed by atoms with Crippen LogP contribution in [0.2, 0.25) is 0 Å². The summed E-state index contributed by atoms with van der Waals surface area (Å²) in [7, 11) is 3.13. The third-order valence-electron chi connectivity index (χ3n) is 3.16. The molecule has 0 aromatic heterocycles. The molecule has 0 atom stereocenters. The normalized spacial score (nSPS) is 10.2. The maximum Gasteiger partial charge on any atom is 0.169 e. The quantitative estimate of drug-likeness (QED) is 0.663. The lowest BCUT2D eigenvalue weighted by molar-refractivity contribution is 0.0993. The van der Waals surface area contributed by atoms with E-state index in [4.69, 9.17) is 15.2 Å². The van der Waals surface area contributed by atoms with Gasteiger partial charge in [0.05, 0.1) is 14.2 Å². The molecule has 0 saturated carbocycles. The summed E-state index contributed by atoms with van der Waals surface area (Å²) >= 11 is 3.45. The number of anilines is 1. The molecule has 5 heteroatoms. The highest BCUT2D eigenvalue weighted by molar-refractivity contribution is 9.10. The standard InChI is InChI=1S/C16H16BrNO3/c1-20-15-8-10(12(17)9-16(15)21-2)7-14(19)11-5-3-4-6-13(11)18/h3-6,8-9H,7,18H2,1-2H3. The molecule has 0 saturated heterocycles. The number of Topliss-reactive ketones (excluding diaryl/α,β-unsaturated/α-hetero) is 1. The Kier molecular flexibility index (Phi) is 4.85. The summed E-state index contributed by atoms with van der Waals surface area (Å²) in [6.07, 6.45) is 0.231. The summed E-state index contributed by atoms with van der Waals surface area (Å²) < 4.78 is 11.3. The average Bonchev–Trinajstić information content (AvgIpc) is 2.49. The van der Waals surface area contributed by atoms with Gasteiger partial charge in [-0.15, -0.1) is 0 Å². The van der Waals surface area contributed by atoms with Crippen molar-refractivity contribution in [2.45, 2.75) is 6.42 Å². The van der Waals surface area contributed by atoms with Crippen LogP contribution in [0.1, 0.15) is 15.9 Å². The van der Waals surface area contributed by atoms with Crippen LogP contribution in [0.25, 0.3) is 0 Å². The molecule has 21 heavy (non-hydrogen) atoms. The van der Waals surface area contributed by atoms with Crippen molar-refractivity contribution in [3.8, 4) is 11.5 Å². The smallest absolute Gasteiger partial charge is 0.169 e. The molecule has 0 amide bonds. The molecule has 0 spiro atoms. The average molecular weight is 350 g/mol. The van der Waals surface area contributed by atoms with Crippen LogP contribution < -0.4 is 15.2 Å². The molecule has 0 aliphatic rings. The second-order valence-electron chi connectivity index (χ2n) is 4.49. The van der Waals surface area contributed by atoms with Gasteiger partial charge < -0.3 is 15.2 Å². The van der Waals surface area contributed by atoms with Gasteiger partial charge in [-0.05, 0) is 29.8 Å². The number of ketones is 1. The van der Waals surface area contributed by atoms with E-state index in [1.165, 1.54) is 0 Å². The van der Waals surface area contributed by atoms with E-state index in [0.717, 1.165) is 10.0 Å². The third kappa shape index (κ3) is 3.36. The molecule has 0 radical (unpaired) electrons. The predicted molar refractivity (Wildman–Crippen MR) is 86.1 cm³/mol. The van der Waals surface area contributed by atoms with Gasteiger partial charge in [-0.1, -0.05) is 28.1 Å². The highest BCUT2D eigenvalue weighted by atomic mass is 79.9. The third-order valence-corrected chi connectivity index (χ3v) is 3.90. The number of nitrogen functional groups attached to an aromatic ring is 1. The van der Waals surface area contributed by atoms with Gasteiger partial charge in [-0.25, -0.2) is 0 Å². The van der Waals surface area contributed by atoms with E-state index < -0.39 is 0 Å². The Labute approximate surface area is 132 Å². The number of carbonyl (C=O) groups excluding carboxylic acids is 1. The van der Waals surface area contributed by atoms with Crippen molar-refractivity contribution in [2.75, 3.05) is 20.0 Å². The molecule has 0 aliphatic heterocycles. The van der Waals surface area contributed by atoms with Gasteiger partial charge >= 0.3 is 0 Å². The van der Waals surface area contributed by atoms with Crippen LogP contribution in [0, 0.1) is 0 Å². The number of halogens is 1. The van der Waals surface area contributed by atoms with Crippen molar-refractivity contribution in [1.82, 2.24) is 0 Å². The molecular weight excluding hydrogens is 334 g/mol. The van der Waals surface area contributed by atoms with E-state index in [-0.39, 0.29) is 12.2 Å². The fraction of sp³-hybridized carbons (Fsp3) is 0.188. The van der Waals surface area contributed by atoms with Crippen molar-refractivity contribution in [3.05, 3.63) is 52.0 Å². The zero-order valence-corrected chi connectivity index (χ0v) is 13.4. The van der Waals surface area contributed by atoms with Gasteiger partial charge in [0.1, 0.15) is 0 Å². The molecule has 2 rings (SSSR count). The summed E-state index contributed by atoms with van der Waals surface area (Å²) in [5, 5.41) is 0. The molecule has 0 heterocycles. The Hall–Kier alpha value is -2.01. The second-order valence-corrected chi connectivity index (χ2v) is 5.34. The van der Waals surface area contributed by atoms with Crippen molar-refractivity contribution >= 4 is 27.4 Å². The largest absolute Gasteiger partial charge is 0.493 e. The Balaban J connectivity index is 2.31. The number of ether oxygens (including phenoxy) is 2. The number of carbonyl (C=O) groups is 1. The molecule has 0 fully saturated rings. The maximum atomic E-state index is 12.4. The summed E-state index contributed by atoms with van der Waals surface area (Å²) in [5.74, 6) is 1.16. The number of methoxy groups -OCH3 is 2. The minimum absolute atomic E-state index is 0.0407. The fourth-order valence-electron chi connectivity index (χ4n) is 2.05.